The molecule has 0 amide bonds. The minimum atomic E-state index is 0.755. The minimum Gasteiger partial charge on any atom is -0.494 e. The van der Waals surface area contributed by atoms with Crippen LogP contribution >= 0.6 is 0 Å². The van der Waals surface area contributed by atoms with E-state index < -0.39 is 0 Å². The van der Waals surface area contributed by atoms with Crippen molar-refractivity contribution >= 4 is 5.69 Å². The Morgan fingerprint density at radius 3 is 2.47 bits per heavy atom. The van der Waals surface area contributed by atoms with Crippen molar-refractivity contribution in [1.29, 1.82) is 0 Å². The number of benzene rings is 1. The summed E-state index contributed by atoms with van der Waals surface area (Å²) in [5, 5.41) is 3.45. The molecule has 0 unspecified atom stereocenters. The predicted molar refractivity (Wildman–Crippen MR) is 74.0 cm³/mol. The first kappa shape index (κ1) is 13.8. The van der Waals surface area contributed by atoms with Gasteiger partial charge in [0.2, 0.25) is 0 Å². The number of rotatable bonds is 6. The van der Waals surface area contributed by atoms with Crippen LogP contribution in [0.1, 0.15) is 29.5 Å². The second-order valence-corrected chi connectivity index (χ2v) is 4.47. The van der Waals surface area contributed by atoms with Crippen molar-refractivity contribution < 1.29 is 4.74 Å². The van der Waals surface area contributed by atoms with E-state index in [1.807, 2.05) is 0 Å². The number of methoxy groups -OCH3 is 1. The number of aryl methyl sites for hydroxylation is 2. The average molecular weight is 236 g/mol. The Morgan fingerprint density at radius 1 is 1.18 bits per heavy atom. The Bertz CT molecular complexity index is 375. The molecule has 1 aromatic carbocycles. The van der Waals surface area contributed by atoms with E-state index in [9.17, 15) is 0 Å². The number of hydrogen-bond donors (Lipinski definition) is 2. The Kier molecular flexibility index (Phi) is 5.29. The van der Waals surface area contributed by atoms with Gasteiger partial charge in [-0.15, -0.1) is 0 Å². The van der Waals surface area contributed by atoms with Crippen molar-refractivity contribution in [3.05, 3.63) is 22.8 Å². The number of unbranched alkanes of at least 4 members (excludes halogenated alkanes) is 1. The van der Waals surface area contributed by atoms with Crippen molar-refractivity contribution in [2.75, 3.05) is 25.5 Å². The lowest BCUT2D eigenvalue weighted by atomic mass is 10.0. The van der Waals surface area contributed by atoms with Crippen LogP contribution in [-0.2, 0) is 0 Å². The maximum absolute atomic E-state index is 5.51. The molecule has 96 valence electrons. The molecule has 0 bridgehead atoms. The van der Waals surface area contributed by atoms with Crippen LogP contribution < -0.4 is 15.8 Å². The molecule has 0 heterocycles. The smallest absolute Gasteiger partial charge is 0.145 e. The lowest BCUT2D eigenvalue weighted by molar-refractivity contribution is 0.412. The molecule has 0 atom stereocenters. The van der Waals surface area contributed by atoms with Gasteiger partial charge in [-0.05, 0) is 56.8 Å². The molecule has 0 radical (unpaired) electrons. The fourth-order valence-electron chi connectivity index (χ4n) is 2.01. The fourth-order valence-corrected chi connectivity index (χ4v) is 2.01. The number of ether oxygens (including phenoxy) is 1. The molecule has 3 nitrogen and oxygen atoms in total. The van der Waals surface area contributed by atoms with Crippen molar-refractivity contribution in [2.24, 2.45) is 5.73 Å². The van der Waals surface area contributed by atoms with E-state index in [0.717, 1.165) is 37.4 Å². The van der Waals surface area contributed by atoms with Gasteiger partial charge >= 0.3 is 0 Å². The molecular weight excluding hydrogens is 212 g/mol. The first-order valence-corrected chi connectivity index (χ1v) is 6.20. The molecule has 17 heavy (non-hydrogen) atoms. The van der Waals surface area contributed by atoms with Gasteiger partial charge in [-0.2, -0.15) is 0 Å². The molecule has 1 aromatic rings. The number of hydrogen-bond acceptors (Lipinski definition) is 3. The maximum Gasteiger partial charge on any atom is 0.145 e. The topological polar surface area (TPSA) is 47.3 Å². The normalized spacial score (nSPS) is 10.4. The second-order valence-electron chi connectivity index (χ2n) is 4.47. The Morgan fingerprint density at radius 2 is 1.88 bits per heavy atom. The molecule has 0 saturated carbocycles. The zero-order chi connectivity index (χ0) is 12.8. The van der Waals surface area contributed by atoms with Gasteiger partial charge < -0.3 is 15.8 Å². The molecule has 0 saturated heterocycles. The van der Waals surface area contributed by atoms with Crippen molar-refractivity contribution in [3.8, 4) is 5.75 Å². The van der Waals surface area contributed by atoms with Crippen LogP contribution in [0.5, 0.6) is 5.75 Å². The van der Waals surface area contributed by atoms with Gasteiger partial charge in [0.15, 0.2) is 0 Å². The molecule has 3 N–H and O–H groups in total. The van der Waals surface area contributed by atoms with Gasteiger partial charge in [0.25, 0.3) is 0 Å². The molecule has 0 aliphatic heterocycles. The van der Waals surface area contributed by atoms with Gasteiger partial charge in [-0.3, -0.25) is 0 Å². The summed E-state index contributed by atoms with van der Waals surface area (Å²) in [5.74, 6) is 0.968. The third-order valence-electron chi connectivity index (χ3n) is 3.12. The van der Waals surface area contributed by atoms with E-state index in [-0.39, 0.29) is 0 Å². The molecule has 1 rings (SSSR count). The Balaban J connectivity index is 2.86. The molecule has 0 aromatic heterocycles. The van der Waals surface area contributed by atoms with Gasteiger partial charge in [-0.1, -0.05) is 6.07 Å². The summed E-state index contributed by atoms with van der Waals surface area (Å²) >= 11 is 0. The Hall–Kier alpha value is -1.22. The highest BCUT2D eigenvalue weighted by Gasteiger charge is 2.11. The third kappa shape index (κ3) is 3.37. The predicted octanol–water partition coefficient (Wildman–Crippen LogP) is 2.77. The minimum absolute atomic E-state index is 0.755. The van der Waals surface area contributed by atoms with E-state index in [4.69, 9.17) is 10.5 Å². The van der Waals surface area contributed by atoms with E-state index in [2.05, 4.69) is 32.2 Å². The summed E-state index contributed by atoms with van der Waals surface area (Å²) in [5.41, 5.74) is 10.3. The van der Waals surface area contributed by atoms with Crippen molar-refractivity contribution in [3.63, 3.8) is 0 Å². The highest BCUT2D eigenvalue weighted by atomic mass is 16.5. The van der Waals surface area contributed by atoms with Gasteiger partial charge in [0.1, 0.15) is 5.75 Å². The van der Waals surface area contributed by atoms with Crippen LogP contribution in [0.15, 0.2) is 6.07 Å². The van der Waals surface area contributed by atoms with Crippen LogP contribution in [0, 0.1) is 20.8 Å². The highest BCUT2D eigenvalue weighted by Crippen LogP contribution is 2.34. The summed E-state index contributed by atoms with van der Waals surface area (Å²) < 4.78 is 5.51. The first-order valence-electron chi connectivity index (χ1n) is 6.20. The molecule has 0 aliphatic rings. The summed E-state index contributed by atoms with van der Waals surface area (Å²) in [6.07, 6.45) is 2.14. The molecule has 0 aliphatic carbocycles. The Labute approximate surface area is 104 Å². The maximum atomic E-state index is 5.51. The monoisotopic (exact) mass is 236 g/mol. The lowest BCUT2D eigenvalue weighted by Crippen LogP contribution is -2.08. The second kappa shape index (κ2) is 6.50. The molecule has 0 fully saturated rings. The van der Waals surface area contributed by atoms with Crippen molar-refractivity contribution in [2.45, 2.75) is 33.6 Å². The summed E-state index contributed by atoms with van der Waals surface area (Å²) in [6, 6.07) is 2.20. The first-order chi connectivity index (χ1) is 8.11. The van der Waals surface area contributed by atoms with Crippen LogP contribution in [0.3, 0.4) is 0 Å². The van der Waals surface area contributed by atoms with E-state index in [0.29, 0.717) is 0 Å². The molecular formula is C14H24N2O. The van der Waals surface area contributed by atoms with Crippen LogP contribution in [-0.4, -0.2) is 20.2 Å². The van der Waals surface area contributed by atoms with Crippen LogP contribution in [0.25, 0.3) is 0 Å². The summed E-state index contributed by atoms with van der Waals surface area (Å²) in [4.78, 5) is 0. The number of nitrogens with one attached hydrogen (secondary N) is 1. The highest BCUT2D eigenvalue weighted by molar-refractivity contribution is 5.66. The van der Waals surface area contributed by atoms with E-state index in [1.165, 1.54) is 16.7 Å². The quantitative estimate of drug-likeness (QED) is 0.747. The summed E-state index contributed by atoms with van der Waals surface area (Å²) in [6.45, 7) is 8.02. The zero-order valence-corrected chi connectivity index (χ0v) is 11.4. The van der Waals surface area contributed by atoms with Gasteiger partial charge in [0, 0.05) is 6.54 Å². The van der Waals surface area contributed by atoms with Gasteiger partial charge in [0.05, 0.1) is 12.8 Å². The molecule has 3 heteroatoms. The van der Waals surface area contributed by atoms with Crippen LogP contribution in [0.2, 0.25) is 0 Å². The SMILES string of the molecule is COc1c(C)c(C)cc(C)c1NCCCCN. The van der Waals surface area contributed by atoms with Gasteiger partial charge in [-0.25, -0.2) is 0 Å². The number of nitrogens with two attached hydrogens (primary N) is 1. The zero-order valence-electron chi connectivity index (χ0n) is 11.4. The van der Waals surface area contributed by atoms with Crippen molar-refractivity contribution in [1.82, 2.24) is 0 Å². The van der Waals surface area contributed by atoms with Crippen LogP contribution in [0.4, 0.5) is 5.69 Å². The lowest BCUT2D eigenvalue weighted by Gasteiger charge is -2.18. The third-order valence-corrected chi connectivity index (χ3v) is 3.12. The number of anilines is 1. The van der Waals surface area contributed by atoms with E-state index in [1.54, 1.807) is 7.11 Å². The molecule has 0 spiro atoms. The standard InChI is InChI=1S/C14H24N2O/c1-10-9-11(2)13(14(17-4)12(10)3)16-8-6-5-7-15/h9,16H,5-8,15H2,1-4H3. The largest absolute Gasteiger partial charge is 0.494 e. The fraction of sp³-hybridized carbons (Fsp3) is 0.571. The van der Waals surface area contributed by atoms with E-state index >= 15 is 0 Å². The summed E-state index contributed by atoms with van der Waals surface area (Å²) in [7, 11) is 1.73. The average Bonchev–Trinajstić information content (AvgIpc) is 2.31.